The number of nitrogens with zero attached hydrogens (tertiary/aromatic N) is 1. The summed E-state index contributed by atoms with van der Waals surface area (Å²) in [6.07, 6.45) is 4.73. The highest BCUT2D eigenvalue weighted by molar-refractivity contribution is 5.83. The molecular formula is C15H14N3. The minimum Gasteiger partial charge on any atom is -0.370 e. The maximum absolute atomic E-state index is 4.19. The summed E-state index contributed by atoms with van der Waals surface area (Å²) in [5.41, 5.74) is 2.53. The number of benzene rings is 1. The summed E-state index contributed by atoms with van der Waals surface area (Å²) < 4.78 is 0. The number of aromatic amines is 1. The van der Waals surface area contributed by atoms with Crippen molar-refractivity contribution in [2.45, 2.75) is 6.42 Å². The summed E-state index contributed by atoms with van der Waals surface area (Å²) in [5, 5.41) is 4.60. The van der Waals surface area contributed by atoms with Crippen LogP contribution in [0.4, 0.5) is 5.82 Å². The highest BCUT2D eigenvalue weighted by Crippen LogP contribution is 2.17. The van der Waals surface area contributed by atoms with E-state index in [1.807, 2.05) is 18.2 Å². The minimum absolute atomic E-state index is 0.874. The van der Waals surface area contributed by atoms with Gasteiger partial charge in [-0.15, -0.1) is 0 Å². The van der Waals surface area contributed by atoms with Gasteiger partial charge in [0.2, 0.25) is 0 Å². The number of H-pyrrole nitrogens is 1. The lowest BCUT2D eigenvalue weighted by molar-refractivity contribution is 1.01. The van der Waals surface area contributed by atoms with Gasteiger partial charge in [-0.25, -0.2) is 4.98 Å². The highest BCUT2D eigenvalue weighted by atomic mass is 15.0. The van der Waals surface area contributed by atoms with E-state index in [9.17, 15) is 0 Å². The molecule has 1 aromatic carbocycles. The zero-order valence-corrected chi connectivity index (χ0v) is 9.98. The maximum Gasteiger partial charge on any atom is 0.125 e. The van der Waals surface area contributed by atoms with Gasteiger partial charge in [0.05, 0.1) is 0 Å². The van der Waals surface area contributed by atoms with Crippen LogP contribution in [0.5, 0.6) is 0 Å². The Bertz CT molecular complexity index is 628. The van der Waals surface area contributed by atoms with Crippen molar-refractivity contribution in [3.05, 3.63) is 60.4 Å². The first kappa shape index (κ1) is 10.8. The van der Waals surface area contributed by atoms with E-state index in [4.69, 9.17) is 0 Å². The summed E-state index contributed by atoms with van der Waals surface area (Å²) in [7, 11) is 0. The topological polar surface area (TPSA) is 40.7 Å². The van der Waals surface area contributed by atoms with Gasteiger partial charge in [-0.1, -0.05) is 18.2 Å². The van der Waals surface area contributed by atoms with Crippen LogP contribution in [-0.4, -0.2) is 16.5 Å². The van der Waals surface area contributed by atoms with Crippen LogP contribution >= 0.6 is 0 Å². The average Bonchev–Trinajstić information content (AvgIpc) is 2.84. The van der Waals surface area contributed by atoms with E-state index in [2.05, 4.69) is 45.7 Å². The van der Waals surface area contributed by atoms with Crippen molar-refractivity contribution < 1.29 is 0 Å². The molecule has 2 N–H and O–H groups in total. The van der Waals surface area contributed by atoms with Crippen molar-refractivity contribution in [1.29, 1.82) is 0 Å². The molecule has 0 amide bonds. The third-order valence-corrected chi connectivity index (χ3v) is 2.99. The fraction of sp³-hybridized carbons (Fsp3) is 0.133. The number of aromatic nitrogens is 2. The lowest BCUT2D eigenvalue weighted by Crippen LogP contribution is -2.05. The van der Waals surface area contributed by atoms with Gasteiger partial charge in [0, 0.05) is 35.9 Å². The molecule has 0 atom stereocenters. The normalized spacial score (nSPS) is 10.7. The summed E-state index contributed by atoms with van der Waals surface area (Å²) >= 11 is 0. The SMILES string of the molecule is [c]1ccc(NCCc2c[nH]c3ccccc23)nc1. The molecule has 0 aliphatic carbocycles. The van der Waals surface area contributed by atoms with Crippen LogP contribution in [0.3, 0.4) is 0 Å². The number of anilines is 1. The van der Waals surface area contributed by atoms with Gasteiger partial charge in [-0.2, -0.15) is 0 Å². The molecule has 0 saturated carbocycles. The van der Waals surface area contributed by atoms with Crippen molar-refractivity contribution in [2.75, 3.05) is 11.9 Å². The van der Waals surface area contributed by atoms with E-state index in [0.717, 1.165) is 18.8 Å². The lowest BCUT2D eigenvalue weighted by atomic mass is 10.1. The Kier molecular flexibility index (Phi) is 2.96. The Labute approximate surface area is 106 Å². The second kappa shape index (κ2) is 4.92. The van der Waals surface area contributed by atoms with E-state index < -0.39 is 0 Å². The fourth-order valence-corrected chi connectivity index (χ4v) is 2.09. The fourth-order valence-electron chi connectivity index (χ4n) is 2.09. The molecule has 3 aromatic rings. The number of fused-ring (bicyclic) bond motifs is 1. The largest absolute Gasteiger partial charge is 0.370 e. The van der Waals surface area contributed by atoms with E-state index >= 15 is 0 Å². The molecule has 0 aliphatic heterocycles. The Hall–Kier alpha value is -2.29. The molecular weight excluding hydrogens is 222 g/mol. The molecule has 0 fully saturated rings. The Morgan fingerprint density at radius 1 is 1.22 bits per heavy atom. The number of para-hydroxylation sites is 1. The molecule has 1 radical (unpaired) electrons. The summed E-state index contributed by atoms with van der Waals surface area (Å²) in [5.74, 6) is 0.897. The van der Waals surface area contributed by atoms with Crippen LogP contribution in [-0.2, 0) is 6.42 Å². The molecule has 2 aromatic heterocycles. The van der Waals surface area contributed by atoms with E-state index in [-0.39, 0.29) is 0 Å². The van der Waals surface area contributed by atoms with Crippen molar-refractivity contribution in [3.8, 4) is 0 Å². The number of nitrogens with one attached hydrogen (secondary N) is 2. The first-order valence-electron chi connectivity index (χ1n) is 6.04. The second-order valence-electron chi connectivity index (χ2n) is 4.18. The monoisotopic (exact) mass is 236 g/mol. The van der Waals surface area contributed by atoms with Gasteiger partial charge < -0.3 is 10.3 Å². The molecule has 89 valence electrons. The third-order valence-electron chi connectivity index (χ3n) is 2.99. The zero-order chi connectivity index (χ0) is 12.2. The van der Waals surface area contributed by atoms with Crippen molar-refractivity contribution in [2.24, 2.45) is 0 Å². The van der Waals surface area contributed by atoms with Crippen LogP contribution in [0.15, 0.2) is 48.8 Å². The number of hydrogen-bond donors (Lipinski definition) is 2. The van der Waals surface area contributed by atoms with Gasteiger partial charge in [0.15, 0.2) is 0 Å². The molecule has 2 heterocycles. The van der Waals surface area contributed by atoms with E-state index in [1.165, 1.54) is 16.5 Å². The van der Waals surface area contributed by atoms with Gasteiger partial charge >= 0.3 is 0 Å². The van der Waals surface area contributed by atoms with Crippen LogP contribution in [0.2, 0.25) is 0 Å². The van der Waals surface area contributed by atoms with Gasteiger partial charge in [-0.05, 0) is 30.2 Å². The predicted molar refractivity (Wildman–Crippen MR) is 73.6 cm³/mol. The number of hydrogen-bond acceptors (Lipinski definition) is 2. The molecule has 0 saturated heterocycles. The van der Waals surface area contributed by atoms with E-state index in [1.54, 1.807) is 6.20 Å². The van der Waals surface area contributed by atoms with Crippen LogP contribution in [0, 0.1) is 6.07 Å². The van der Waals surface area contributed by atoms with Crippen molar-refractivity contribution in [3.63, 3.8) is 0 Å². The highest BCUT2D eigenvalue weighted by Gasteiger charge is 2.02. The maximum atomic E-state index is 4.19. The first-order chi connectivity index (χ1) is 8.93. The summed E-state index contributed by atoms with van der Waals surface area (Å²) in [6, 6.07) is 15.1. The molecule has 3 rings (SSSR count). The van der Waals surface area contributed by atoms with Crippen LogP contribution in [0.25, 0.3) is 10.9 Å². The first-order valence-corrected chi connectivity index (χ1v) is 6.04. The zero-order valence-electron chi connectivity index (χ0n) is 9.98. The predicted octanol–water partition coefficient (Wildman–Crippen LogP) is 3.02. The average molecular weight is 236 g/mol. The van der Waals surface area contributed by atoms with E-state index in [0.29, 0.717) is 0 Å². The third kappa shape index (κ3) is 2.20. The minimum atomic E-state index is 0.874. The van der Waals surface area contributed by atoms with Crippen LogP contribution < -0.4 is 5.32 Å². The molecule has 0 aliphatic rings. The Morgan fingerprint density at radius 3 is 3.06 bits per heavy atom. The Balaban J connectivity index is 1.67. The standard InChI is InChI=1S/C15H14N3/c1-2-6-14-13(5-1)12(11-18-14)8-10-17-15-7-3-4-9-16-15/h1-3,5-7,9,11,18H,8,10H2,(H,16,17). The number of rotatable bonds is 4. The van der Waals surface area contributed by atoms with Gasteiger partial charge in [0.1, 0.15) is 5.82 Å². The molecule has 3 nitrogen and oxygen atoms in total. The molecule has 0 unspecified atom stereocenters. The van der Waals surface area contributed by atoms with Gasteiger partial charge in [0.25, 0.3) is 0 Å². The molecule has 18 heavy (non-hydrogen) atoms. The smallest absolute Gasteiger partial charge is 0.125 e. The molecule has 3 heteroatoms. The molecule has 0 bridgehead atoms. The Morgan fingerprint density at radius 2 is 2.17 bits per heavy atom. The quantitative estimate of drug-likeness (QED) is 0.731. The van der Waals surface area contributed by atoms with Gasteiger partial charge in [-0.3, -0.25) is 0 Å². The summed E-state index contributed by atoms with van der Waals surface area (Å²) in [4.78, 5) is 7.47. The lowest BCUT2D eigenvalue weighted by Gasteiger charge is -2.04. The number of pyridine rings is 1. The second-order valence-corrected chi connectivity index (χ2v) is 4.18. The van der Waals surface area contributed by atoms with Crippen molar-refractivity contribution in [1.82, 2.24) is 9.97 Å². The molecule has 0 spiro atoms. The summed E-state index contributed by atoms with van der Waals surface area (Å²) in [6.45, 7) is 0.874. The van der Waals surface area contributed by atoms with Crippen molar-refractivity contribution >= 4 is 16.7 Å². The van der Waals surface area contributed by atoms with Crippen LogP contribution in [0.1, 0.15) is 5.56 Å².